The lowest BCUT2D eigenvalue weighted by atomic mass is 10.1. The van der Waals surface area contributed by atoms with Gasteiger partial charge >= 0.3 is 0 Å². The molecule has 5 nitrogen and oxygen atoms in total. The Morgan fingerprint density at radius 2 is 2.08 bits per heavy atom. The number of nitrogens with zero attached hydrogens (tertiary/aromatic N) is 2. The molecule has 0 saturated heterocycles. The van der Waals surface area contributed by atoms with E-state index >= 15 is 0 Å². The van der Waals surface area contributed by atoms with E-state index in [4.69, 9.17) is 9.47 Å². The third-order valence-electron chi connectivity index (χ3n) is 3.67. The first kappa shape index (κ1) is 17.1. The molecule has 1 N–H and O–H groups in total. The third kappa shape index (κ3) is 3.52. The van der Waals surface area contributed by atoms with Crippen molar-refractivity contribution in [2.75, 3.05) is 19.0 Å². The van der Waals surface area contributed by atoms with Crippen LogP contribution in [0.3, 0.4) is 0 Å². The fourth-order valence-corrected chi connectivity index (χ4v) is 2.96. The molecule has 0 aliphatic rings. The predicted molar refractivity (Wildman–Crippen MR) is 102 cm³/mol. The molecule has 0 spiro atoms. The van der Waals surface area contributed by atoms with E-state index in [0.29, 0.717) is 29.4 Å². The van der Waals surface area contributed by atoms with Crippen molar-refractivity contribution in [2.45, 2.75) is 6.92 Å². The second-order valence-corrected chi connectivity index (χ2v) is 6.16. The van der Waals surface area contributed by atoms with E-state index in [-0.39, 0.29) is 0 Å². The van der Waals surface area contributed by atoms with Crippen LogP contribution in [0.2, 0.25) is 0 Å². The molecule has 0 amide bonds. The molecule has 126 valence electrons. The van der Waals surface area contributed by atoms with Crippen LogP contribution in [0.1, 0.15) is 12.5 Å². The zero-order chi connectivity index (χ0) is 17.8. The van der Waals surface area contributed by atoms with Crippen LogP contribution in [0, 0.1) is 11.3 Å². The standard InChI is InChI=1S/C19H16BrN3O2/c1-3-25-18-8-15-16(9-17(18)24-2)22-11-12(10-21)19(15)23-14-6-4-5-13(20)7-14/h4-9,11H,3H2,1-2H3,(H,22,23). The number of nitriles is 1. The highest BCUT2D eigenvalue weighted by Crippen LogP contribution is 2.37. The summed E-state index contributed by atoms with van der Waals surface area (Å²) in [6.45, 7) is 2.43. The molecule has 0 atom stereocenters. The summed E-state index contributed by atoms with van der Waals surface area (Å²) in [5.41, 5.74) is 2.73. The summed E-state index contributed by atoms with van der Waals surface area (Å²) in [6.07, 6.45) is 1.56. The molecule has 1 heterocycles. The molecule has 0 saturated carbocycles. The number of pyridine rings is 1. The number of aromatic nitrogens is 1. The second-order valence-electron chi connectivity index (χ2n) is 5.25. The predicted octanol–water partition coefficient (Wildman–Crippen LogP) is 5.02. The summed E-state index contributed by atoms with van der Waals surface area (Å²) < 4.78 is 12.0. The lowest BCUT2D eigenvalue weighted by Crippen LogP contribution is -2.00. The number of rotatable bonds is 5. The maximum atomic E-state index is 9.49. The van der Waals surface area contributed by atoms with Gasteiger partial charge < -0.3 is 14.8 Å². The summed E-state index contributed by atoms with van der Waals surface area (Å²) in [4.78, 5) is 4.37. The highest BCUT2D eigenvalue weighted by molar-refractivity contribution is 9.10. The molecule has 25 heavy (non-hydrogen) atoms. The minimum absolute atomic E-state index is 0.458. The summed E-state index contributed by atoms with van der Waals surface area (Å²) in [6, 6.07) is 13.6. The van der Waals surface area contributed by atoms with E-state index < -0.39 is 0 Å². The fourth-order valence-electron chi connectivity index (χ4n) is 2.56. The first-order chi connectivity index (χ1) is 12.2. The molecule has 0 bridgehead atoms. The zero-order valence-corrected chi connectivity index (χ0v) is 15.4. The van der Waals surface area contributed by atoms with Crippen LogP contribution in [0.25, 0.3) is 10.9 Å². The Morgan fingerprint density at radius 1 is 1.24 bits per heavy atom. The minimum Gasteiger partial charge on any atom is -0.493 e. The van der Waals surface area contributed by atoms with Gasteiger partial charge in [0, 0.05) is 27.8 Å². The van der Waals surface area contributed by atoms with Gasteiger partial charge in [0.25, 0.3) is 0 Å². The number of nitrogens with one attached hydrogen (secondary N) is 1. The van der Waals surface area contributed by atoms with Crippen molar-refractivity contribution in [1.82, 2.24) is 4.98 Å². The smallest absolute Gasteiger partial charge is 0.162 e. The van der Waals surface area contributed by atoms with Gasteiger partial charge in [-0.2, -0.15) is 5.26 Å². The van der Waals surface area contributed by atoms with Gasteiger partial charge in [-0.15, -0.1) is 0 Å². The van der Waals surface area contributed by atoms with Gasteiger partial charge in [0.1, 0.15) is 6.07 Å². The molecule has 1 aromatic heterocycles. The number of benzene rings is 2. The van der Waals surface area contributed by atoms with Crippen molar-refractivity contribution in [1.29, 1.82) is 5.26 Å². The molecule has 0 aliphatic carbocycles. The minimum atomic E-state index is 0.458. The van der Waals surface area contributed by atoms with Gasteiger partial charge in [-0.05, 0) is 31.2 Å². The largest absolute Gasteiger partial charge is 0.493 e. The number of hydrogen-bond donors (Lipinski definition) is 1. The lowest BCUT2D eigenvalue weighted by molar-refractivity contribution is 0.311. The van der Waals surface area contributed by atoms with Crippen LogP contribution in [0.15, 0.2) is 47.1 Å². The molecule has 0 unspecified atom stereocenters. The number of methoxy groups -OCH3 is 1. The zero-order valence-electron chi connectivity index (χ0n) is 13.8. The van der Waals surface area contributed by atoms with E-state index in [2.05, 4.69) is 32.3 Å². The van der Waals surface area contributed by atoms with Crippen LogP contribution in [-0.2, 0) is 0 Å². The summed E-state index contributed by atoms with van der Waals surface area (Å²) in [7, 11) is 1.59. The Morgan fingerprint density at radius 3 is 2.76 bits per heavy atom. The Bertz CT molecular complexity index is 967. The van der Waals surface area contributed by atoms with Crippen molar-refractivity contribution in [3.63, 3.8) is 0 Å². The van der Waals surface area contributed by atoms with Crippen molar-refractivity contribution in [3.8, 4) is 17.6 Å². The van der Waals surface area contributed by atoms with E-state index in [9.17, 15) is 5.26 Å². The number of fused-ring (bicyclic) bond motifs is 1. The van der Waals surface area contributed by atoms with Crippen LogP contribution in [0.4, 0.5) is 11.4 Å². The third-order valence-corrected chi connectivity index (χ3v) is 4.16. The van der Waals surface area contributed by atoms with E-state index in [0.717, 1.165) is 21.1 Å². The van der Waals surface area contributed by atoms with Gasteiger partial charge in [-0.3, -0.25) is 4.98 Å². The second kappa shape index (κ2) is 7.41. The molecule has 0 fully saturated rings. The normalized spacial score (nSPS) is 10.3. The molecule has 0 aliphatic heterocycles. The van der Waals surface area contributed by atoms with Crippen molar-refractivity contribution in [3.05, 3.63) is 52.6 Å². The maximum Gasteiger partial charge on any atom is 0.162 e. The summed E-state index contributed by atoms with van der Waals surface area (Å²) in [5, 5.41) is 13.6. The molecule has 3 rings (SSSR count). The first-order valence-corrected chi connectivity index (χ1v) is 8.51. The van der Waals surface area contributed by atoms with Crippen molar-refractivity contribution < 1.29 is 9.47 Å². The number of ether oxygens (including phenoxy) is 2. The Hall–Kier alpha value is -2.78. The van der Waals surface area contributed by atoms with Gasteiger partial charge in [-0.25, -0.2) is 0 Å². The van der Waals surface area contributed by atoms with Gasteiger partial charge in [0.2, 0.25) is 0 Å². The molecular weight excluding hydrogens is 382 g/mol. The van der Waals surface area contributed by atoms with Crippen molar-refractivity contribution >= 4 is 38.2 Å². The monoisotopic (exact) mass is 397 g/mol. The summed E-state index contributed by atoms with van der Waals surface area (Å²) in [5.74, 6) is 1.23. The van der Waals surface area contributed by atoms with E-state index in [1.165, 1.54) is 0 Å². The van der Waals surface area contributed by atoms with E-state index in [1.54, 1.807) is 13.3 Å². The van der Waals surface area contributed by atoms with Gasteiger partial charge in [0.15, 0.2) is 11.5 Å². The first-order valence-electron chi connectivity index (χ1n) is 7.72. The van der Waals surface area contributed by atoms with Crippen molar-refractivity contribution in [2.24, 2.45) is 0 Å². The molecule has 0 radical (unpaired) electrons. The van der Waals surface area contributed by atoms with Crippen LogP contribution >= 0.6 is 15.9 Å². The average Bonchev–Trinajstić information content (AvgIpc) is 2.62. The summed E-state index contributed by atoms with van der Waals surface area (Å²) >= 11 is 3.46. The highest BCUT2D eigenvalue weighted by atomic mass is 79.9. The van der Waals surface area contributed by atoms with Crippen LogP contribution < -0.4 is 14.8 Å². The Kier molecular flexibility index (Phi) is 5.05. The number of halogens is 1. The SMILES string of the molecule is CCOc1cc2c(Nc3cccc(Br)c3)c(C#N)cnc2cc1OC. The highest BCUT2D eigenvalue weighted by Gasteiger charge is 2.14. The fraction of sp³-hybridized carbons (Fsp3) is 0.158. The quantitative estimate of drug-likeness (QED) is 0.654. The van der Waals surface area contributed by atoms with Crippen LogP contribution in [-0.4, -0.2) is 18.7 Å². The lowest BCUT2D eigenvalue weighted by Gasteiger charge is -2.15. The molecule has 6 heteroatoms. The van der Waals surface area contributed by atoms with Gasteiger partial charge in [-0.1, -0.05) is 22.0 Å². The Balaban J connectivity index is 2.20. The topological polar surface area (TPSA) is 67.2 Å². The van der Waals surface area contributed by atoms with Gasteiger partial charge in [0.05, 0.1) is 30.5 Å². The number of hydrogen-bond acceptors (Lipinski definition) is 5. The van der Waals surface area contributed by atoms with E-state index in [1.807, 2.05) is 43.3 Å². The molecular formula is C19H16BrN3O2. The number of anilines is 2. The average molecular weight is 398 g/mol. The Labute approximate surface area is 154 Å². The molecule has 2 aromatic carbocycles. The molecule has 3 aromatic rings. The maximum absolute atomic E-state index is 9.49. The van der Waals surface area contributed by atoms with Crippen LogP contribution in [0.5, 0.6) is 11.5 Å².